The molecule has 3 rings (SSSR count). The van der Waals surface area contributed by atoms with Crippen molar-refractivity contribution in [3.8, 4) is 0 Å². The molecule has 2 heterocycles. The molecule has 28 heavy (non-hydrogen) atoms. The lowest BCUT2D eigenvalue weighted by molar-refractivity contribution is -0.213. The molecule has 0 saturated carbocycles. The number of carbonyl (C=O) groups excluding carboxylic acids is 3. The van der Waals surface area contributed by atoms with Gasteiger partial charge >= 0.3 is 11.9 Å². The molecule has 9 nitrogen and oxygen atoms in total. The number of nitrogens with zero attached hydrogens (tertiary/aromatic N) is 2. The molecule has 0 aromatic heterocycles. The zero-order valence-electron chi connectivity index (χ0n) is 14.9. The smallest absolute Gasteiger partial charge is 0.352 e. The molecule has 2 aliphatic rings. The number of carbonyl (C=O) groups is 4. The minimum Gasteiger partial charge on any atom is -0.477 e. The Morgan fingerprint density at radius 2 is 2.04 bits per heavy atom. The minimum absolute atomic E-state index is 0.0973. The molecule has 1 fully saturated rings. The predicted molar refractivity (Wildman–Crippen MR) is 97.3 cm³/mol. The third-order valence-electron chi connectivity index (χ3n) is 4.27. The van der Waals surface area contributed by atoms with Crippen LogP contribution in [0.5, 0.6) is 0 Å². The lowest BCUT2D eigenvalue weighted by atomic mass is 10.0. The number of ether oxygens (including phenoxy) is 1. The molecule has 0 aliphatic carbocycles. The minimum atomic E-state index is -1.29. The molecule has 1 N–H and O–H groups in total. The van der Waals surface area contributed by atoms with E-state index in [0.29, 0.717) is 12.0 Å². The Balaban J connectivity index is 1.73. The van der Waals surface area contributed by atoms with Crippen LogP contribution in [0.2, 0.25) is 0 Å². The van der Waals surface area contributed by atoms with Gasteiger partial charge in [-0.3, -0.25) is 24.1 Å². The number of hydroxylamine groups is 2. The maximum absolute atomic E-state index is 12.6. The first kappa shape index (κ1) is 19.9. The molecule has 148 valence electrons. The van der Waals surface area contributed by atoms with Crippen LogP contribution in [0.4, 0.5) is 0 Å². The van der Waals surface area contributed by atoms with Crippen LogP contribution in [0.1, 0.15) is 12.5 Å². The number of carboxylic acids is 1. The van der Waals surface area contributed by atoms with Crippen molar-refractivity contribution >= 4 is 36.0 Å². The number of fused-ring (bicyclic) bond motifs is 1. The quantitative estimate of drug-likeness (QED) is 0.291. The number of benzene rings is 1. The van der Waals surface area contributed by atoms with Gasteiger partial charge in [0.05, 0.1) is 0 Å². The van der Waals surface area contributed by atoms with Crippen molar-refractivity contribution in [1.29, 1.82) is 0 Å². The Morgan fingerprint density at radius 3 is 2.64 bits per heavy atom. The van der Waals surface area contributed by atoms with E-state index in [4.69, 9.17) is 9.57 Å². The Bertz CT molecular complexity index is 826. The number of amides is 2. The summed E-state index contributed by atoms with van der Waals surface area (Å²) in [6.07, 6.45) is 0.419. The summed E-state index contributed by atoms with van der Waals surface area (Å²) in [7, 11) is 0. The highest BCUT2D eigenvalue weighted by atomic mass is 32.2. The van der Waals surface area contributed by atoms with Crippen molar-refractivity contribution in [2.75, 3.05) is 12.4 Å². The zero-order valence-corrected chi connectivity index (χ0v) is 15.8. The van der Waals surface area contributed by atoms with Crippen LogP contribution >= 0.6 is 11.8 Å². The second-order valence-corrected chi connectivity index (χ2v) is 7.22. The first-order valence-corrected chi connectivity index (χ1v) is 9.42. The first-order chi connectivity index (χ1) is 13.4. The fraction of sp³-hybridized carbons (Fsp3) is 0.333. The van der Waals surface area contributed by atoms with Gasteiger partial charge in [-0.15, -0.1) is 11.8 Å². The van der Waals surface area contributed by atoms with E-state index in [9.17, 15) is 24.3 Å². The van der Waals surface area contributed by atoms with Gasteiger partial charge in [-0.1, -0.05) is 30.3 Å². The van der Waals surface area contributed by atoms with Gasteiger partial charge in [0.15, 0.2) is 6.04 Å². The third-order valence-corrected chi connectivity index (χ3v) is 5.60. The molecular formula is C18H18N2O7S. The maximum atomic E-state index is 12.6. The van der Waals surface area contributed by atoms with Gasteiger partial charge in [0, 0.05) is 18.2 Å². The van der Waals surface area contributed by atoms with E-state index in [0.717, 1.165) is 15.5 Å². The number of thioether (sulfide) groups is 1. The average Bonchev–Trinajstić information content (AvgIpc) is 2.69. The highest BCUT2D eigenvalue weighted by Crippen LogP contribution is 2.42. The molecule has 1 aromatic carbocycles. The van der Waals surface area contributed by atoms with E-state index in [1.54, 1.807) is 0 Å². The van der Waals surface area contributed by atoms with E-state index in [1.807, 2.05) is 30.3 Å². The van der Waals surface area contributed by atoms with E-state index in [-0.39, 0.29) is 24.7 Å². The summed E-state index contributed by atoms with van der Waals surface area (Å²) >= 11 is 1.28. The summed E-state index contributed by atoms with van der Waals surface area (Å²) in [6.45, 7) is 1.11. The van der Waals surface area contributed by atoms with Crippen LogP contribution in [-0.4, -0.2) is 63.1 Å². The summed E-state index contributed by atoms with van der Waals surface area (Å²) in [4.78, 5) is 53.4. The SMILES string of the molecule is CC(=O)OCC1=C(C(=O)O)N2C(=O)C(N(C=O)OCc3ccccc3)[C@H]2SC1. The van der Waals surface area contributed by atoms with Crippen LogP contribution in [0.25, 0.3) is 0 Å². The van der Waals surface area contributed by atoms with E-state index < -0.39 is 29.3 Å². The molecule has 0 radical (unpaired) electrons. The lowest BCUT2D eigenvalue weighted by Gasteiger charge is -2.51. The number of esters is 1. The van der Waals surface area contributed by atoms with Gasteiger partial charge in [0.25, 0.3) is 5.91 Å². The summed E-state index contributed by atoms with van der Waals surface area (Å²) in [5.41, 5.74) is 0.947. The van der Waals surface area contributed by atoms with Gasteiger partial charge in [-0.05, 0) is 5.56 Å². The fourth-order valence-corrected chi connectivity index (χ4v) is 4.33. The number of hydrogen-bond acceptors (Lipinski definition) is 7. The molecule has 1 unspecified atom stereocenters. The topological polar surface area (TPSA) is 113 Å². The van der Waals surface area contributed by atoms with Crippen molar-refractivity contribution in [3.63, 3.8) is 0 Å². The molecule has 1 aromatic rings. The number of aliphatic carboxylic acids is 1. The summed E-state index contributed by atoms with van der Waals surface area (Å²) in [5, 5.41) is 9.88. The molecule has 2 aliphatic heterocycles. The molecule has 0 spiro atoms. The van der Waals surface area contributed by atoms with Gasteiger partial charge in [-0.2, -0.15) is 0 Å². The van der Waals surface area contributed by atoms with E-state index in [2.05, 4.69) is 0 Å². The molecular weight excluding hydrogens is 388 g/mol. The van der Waals surface area contributed by atoms with Crippen molar-refractivity contribution in [2.45, 2.75) is 24.9 Å². The summed E-state index contributed by atoms with van der Waals surface area (Å²) in [6, 6.07) is 8.22. The Labute approximate surface area is 164 Å². The highest BCUT2D eigenvalue weighted by molar-refractivity contribution is 8.00. The van der Waals surface area contributed by atoms with E-state index in [1.165, 1.54) is 18.7 Å². The molecule has 2 amide bonds. The maximum Gasteiger partial charge on any atom is 0.352 e. The lowest BCUT2D eigenvalue weighted by Crippen LogP contribution is -2.70. The molecule has 10 heteroatoms. The van der Waals surface area contributed by atoms with Crippen molar-refractivity contribution < 1.29 is 33.9 Å². The number of hydrogen-bond donors (Lipinski definition) is 1. The Hall–Kier alpha value is -2.85. The number of carboxylic acid groups (broad SMARTS) is 1. The monoisotopic (exact) mass is 406 g/mol. The molecule has 1 saturated heterocycles. The second-order valence-electron chi connectivity index (χ2n) is 6.12. The normalized spacial score (nSPS) is 20.9. The first-order valence-electron chi connectivity index (χ1n) is 8.38. The number of rotatable bonds is 8. The van der Waals surface area contributed by atoms with E-state index >= 15 is 0 Å². The van der Waals surface area contributed by atoms with Gasteiger partial charge in [-0.25, -0.2) is 9.86 Å². The van der Waals surface area contributed by atoms with Gasteiger partial charge in [0.2, 0.25) is 6.41 Å². The molecule has 2 atom stereocenters. The largest absolute Gasteiger partial charge is 0.477 e. The van der Waals surface area contributed by atoms with Crippen LogP contribution in [0, 0.1) is 0 Å². The molecule has 0 bridgehead atoms. The van der Waals surface area contributed by atoms with Gasteiger partial charge < -0.3 is 9.84 Å². The second kappa shape index (κ2) is 8.44. The Morgan fingerprint density at radius 1 is 1.32 bits per heavy atom. The van der Waals surface area contributed by atoms with Crippen molar-refractivity contribution in [2.24, 2.45) is 0 Å². The predicted octanol–water partition coefficient (Wildman–Crippen LogP) is 0.762. The fourth-order valence-electron chi connectivity index (χ4n) is 2.96. The average molecular weight is 406 g/mol. The van der Waals surface area contributed by atoms with Crippen molar-refractivity contribution in [1.82, 2.24) is 9.96 Å². The van der Waals surface area contributed by atoms with Crippen LogP contribution in [0.15, 0.2) is 41.6 Å². The summed E-state index contributed by atoms with van der Waals surface area (Å²) in [5.74, 6) is -2.14. The van der Waals surface area contributed by atoms with Crippen molar-refractivity contribution in [3.05, 3.63) is 47.2 Å². The number of β-lactam (4-membered cyclic amide) rings is 1. The van der Waals surface area contributed by atoms with Gasteiger partial charge in [0.1, 0.15) is 24.3 Å². The Kier molecular flexibility index (Phi) is 6.00. The summed E-state index contributed by atoms with van der Waals surface area (Å²) < 4.78 is 4.88. The zero-order chi connectivity index (χ0) is 20.3. The third kappa shape index (κ3) is 3.87. The van der Waals surface area contributed by atoms with Crippen LogP contribution in [0.3, 0.4) is 0 Å². The standard InChI is InChI=1S/C18H18N2O7S/c1-11(22)26-8-13-9-28-17-15(16(23)20(17)14(13)18(24)25)19(10-21)27-7-12-5-3-2-4-6-12/h2-6,10,15,17H,7-9H2,1H3,(H,24,25)/t15?,17-/m1/s1. The highest BCUT2D eigenvalue weighted by Gasteiger charge is 2.56. The van der Waals surface area contributed by atoms with Crippen LogP contribution in [-0.2, 0) is 35.4 Å². The van der Waals surface area contributed by atoms with Crippen LogP contribution < -0.4 is 0 Å².